The van der Waals surface area contributed by atoms with Gasteiger partial charge in [-0.1, -0.05) is 0 Å². The number of carbonyl (C=O) groups is 1. The number of nitrogens with one attached hydrogen (secondary N) is 1. The van der Waals surface area contributed by atoms with Crippen LogP contribution in [0.5, 0.6) is 0 Å². The molecule has 3 heterocycles. The lowest BCUT2D eigenvalue weighted by molar-refractivity contribution is -0.132. The van der Waals surface area contributed by atoms with E-state index in [0.29, 0.717) is 25.2 Å². The number of H-pyrrole nitrogens is 1. The molecule has 24 heavy (non-hydrogen) atoms. The van der Waals surface area contributed by atoms with E-state index in [1.807, 2.05) is 18.1 Å². The SMILES string of the molecule is Cc1nc(C2CCCN(C(=O)CCc3cnn(C)c3)C2)cc(=O)[nH]1. The van der Waals surface area contributed by atoms with Crippen LogP contribution in [0.25, 0.3) is 0 Å². The summed E-state index contributed by atoms with van der Waals surface area (Å²) in [7, 11) is 1.87. The molecule has 1 unspecified atom stereocenters. The molecule has 1 saturated heterocycles. The second kappa shape index (κ2) is 6.98. The zero-order chi connectivity index (χ0) is 17.1. The summed E-state index contributed by atoms with van der Waals surface area (Å²) in [6.45, 7) is 3.21. The molecule has 0 saturated carbocycles. The highest BCUT2D eigenvalue weighted by Gasteiger charge is 2.25. The summed E-state index contributed by atoms with van der Waals surface area (Å²) in [6, 6.07) is 1.56. The van der Waals surface area contributed by atoms with Crippen molar-refractivity contribution in [2.75, 3.05) is 13.1 Å². The molecule has 1 aliphatic heterocycles. The Morgan fingerprint density at radius 3 is 3.00 bits per heavy atom. The van der Waals surface area contributed by atoms with Crippen LogP contribution in [0.3, 0.4) is 0 Å². The quantitative estimate of drug-likeness (QED) is 0.912. The molecule has 0 bridgehead atoms. The number of carbonyl (C=O) groups excluding carboxylic acids is 1. The second-order valence-corrected chi connectivity index (χ2v) is 6.46. The topological polar surface area (TPSA) is 83.9 Å². The van der Waals surface area contributed by atoms with Crippen molar-refractivity contribution in [3.05, 3.63) is 45.9 Å². The number of aryl methyl sites for hydroxylation is 3. The normalized spacial score (nSPS) is 17.9. The summed E-state index contributed by atoms with van der Waals surface area (Å²) in [6.07, 6.45) is 6.83. The molecule has 1 N–H and O–H groups in total. The van der Waals surface area contributed by atoms with Gasteiger partial charge in [0.25, 0.3) is 5.56 Å². The summed E-state index contributed by atoms with van der Waals surface area (Å²) < 4.78 is 1.75. The summed E-state index contributed by atoms with van der Waals surface area (Å²) in [5.41, 5.74) is 1.74. The predicted octanol–water partition coefficient (Wildman–Crippen LogP) is 1.15. The number of rotatable bonds is 4. The molecule has 128 valence electrons. The smallest absolute Gasteiger partial charge is 0.251 e. The molecule has 1 amide bonds. The molecule has 0 radical (unpaired) electrons. The van der Waals surface area contributed by atoms with Crippen LogP contribution in [0, 0.1) is 6.92 Å². The highest BCUT2D eigenvalue weighted by Crippen LogP contribution is 2.25. The van der Waals surface area contributed by atoms with E-state index < -0.39 is 0 Å². The average molecular weight is 329 g/mol. The first kappa shape index (κ1) is 16.4. The summed E-state index contributed by atoms with van der Waals surface area (Å²) in [5.74, 6) is 0.921. The third-order valence-corrected chi connectivity index (χ3v) is 4.46. The first-order valence-electron chi connectivity index (χ1n) is 8.34. The Hall–Kier alpha value is -2.44. The molecule has 2 aromatic heterocycles. The third-order valence-electron chi connectivity index (χ3n) is 4.46. The summed E-state index contributed by atoms with van der Waals surface area (Å²) in [5, 5.41) is 4.13. The molecule has 1 aliphatic rings. The molecule has 0 aromatic carbocycles. The van der Waals surface area contributed by atoms with Crippen LogP contribution in [0.2, 0.25) is 0 Å². The van der Waals surface area contributed by atoms with E-state index in [0.717, 1.165) is 30.6 Å². The largest absolute Gasteiger partial charge is 0.342 e. The van der Waals surface area contributed by atoms with E-state index in [9.17, 15) is 9.59 Å². The van der Waals surface area contributed by atoms with Gasteiger partial charge in [0.05, 0.1) is 11.9 Å². The van der Waals surface area contributed by atoms with Crippen LogP contribution >= 0.6 is 0 Å². The Balaban J connectivity index is 1.62. The lowest BCUT2D eigenvalue weighted by Gasteiger charge is -2.32. The van der Waals surface area contributed by atoms with Crippen LogP contribution in [0.1, 0.15) is 42.3 Å². The van der Waals surface area contributed by atoms with Crippen molar-refractivity contribution in [3.63, 3.8) is 0 Å². The van der Waals surface area contributed by atoms with Gasteiger partial charge in [0.2, 0.25) is 5.91 Å². The lowest BCUT2D eigenvalue weighted by atomic mass is 9.94. The van der Waals surface area contributed by atoms with Crippen molar-refractivity contribution in [3.8, 4) is 0 Å². The molecular weight excluding hydrogens is 306 g/mol. The predicted molar refractivity (Wildman–Crippen MR) is 89.7 cm³/mol. The lowest BCUT2D eigenvalue weighted by Crippen LogP contribution is -2.39. The molecule has 3 rings (SSSR count). The molecule has 7 nitrogen and oxygen atoms in total. The van der Waals surface area contributed by atoms with Crippen LogP contribution in [0.4, 0.5) is 0 Å². The average Bonchev–Trinajstić information content (AvgIpc) is 2.97. The van der Waals surface area contributed by atoms with Crippen molar-refractivity contribution >= 4 is 5.91 Å². The molecule has 2 aromatic rings. The first-order valence-corrected chi connectivity index (χ1v) is 8.34. The fourth-order valence-corrected chi connectivity index (χ4v) is 3.27. The van der Waals surface area contributed by atoms with Gasteiger partial charge in [-0.05, 0) is 31.7 Å². The molecule has 0 aliphatic carbocycles. The van der Waals surface area contributed by atoms with Crippen LogP contribution in [-0.2, 0) is 18.3 Å². The van der Waals surface area contributed by atoms with Gasteiger partial charge in [0.15, 0.2) is 0 Å². The fourth-order valence-electron chi connectivity index (χ4n) is 3.27. The summed E-state index contributed by atoms with van der Waals surface area (Å²) in [4.78, 5) is 33.2. The maximum Gasteiger partial charge on any atom is 0.251 e. The number of hydrogen-bond acceptors (Lipinski definition) is 4. The maximum atomic E-state index is 12.5. The molecule has 0 spiro atoms. The molecule has 1 fully saturated rings. The van der Waals surface area contributed by atoms with E-state index in [2.05, 4.69) is 15.1 Å². The Morgan fingerprint density at radius 2 is 2.29 bits per heavy atom. The van der Waals surface area contributed by atoms with E-state index in [1.54, 1.807) is 23.9 Å². The monoisotopic (exact) mass is 329 g/mol. The molecule has 1 atom stereocenters. The van der Waals surface area contributed by atoms with E-state index >= 15 is 0 Å². The van der Waals surface area contributed by atoms with Crippen molar-refractivity contribution in [1.29, 1.82) is 0 Å². The minimum Gasteiger partial charge on any atom is -0.342 e. The van der Waals surface area contributed by atoms with Crippen molar-refractivity contribution in [2.45, 2.75) is 38.5 Å². The third kappa shape index (κ3) is 3.90. The summed E-state index contributed by atoms with van der Waals surface area (Å²) >= 11 is 0. The van der Waals surface area contributed by atoms with Crippen LogP contribution < -0.4 is 5.56 Å². The minimum atomic E-state index is -0.127. The van der Waals surface area contributed by atoms with Gasteiger partial charge in [-0.3, -0.25) is 14.3 Å². The Morgan fingerprint density at radius 1 is 1.46 bits per heavy atom. The van der Waals surface area contributed by atoms with Gasteiger partial charge in [0, 0.05) is 44.7 Å². The number of aromatic amines is 1. The maximum absolute atomic E-state index is 12.5. The highest BCUT2D eigenvalue weighted by molar-refractivity contribution is 5.76. The van der Waals surface area contributed by atoms with Gasteiger partial charge >= 0.3 is 0 Å². The van der Waals surface area contributed by atoms with Crippen LogP contribution in [-0.4, -0.2) is 43.6 Å². The Bertz CT molecular complexity index is 779. The number of hydrogen-bond donors (Lipinski definition) is 1. The number of aromatic nitrogens is 4. The van der Waals surface area contributed by atoms with Crippen molar-refractivity contribution in [1.82, 2.24) is 24.6 Å². The zero-order valence-corrected chi connectivity index (χ0v) is 14.2. The van der Waals surface area contributed by atoms with E-state index in [4.69, 9.17) is 0 Å². The van der Waals surface area contributed by atoms with Gasteiger partial charge in [0.1, 0.15) is 5.82 Å². The van der Waals surface area contributed by atoms with Crippen molar-refractivity contribution in [2.24, 2.45) is 7.05 Å². The number of nitrogens with zero attached hydrogens (tertiary/aromatic N) is 4. The highest BCUT2D eigenvalue weighted by atomic mass is 16.2. The number of amides is 1. The van der Waals surface area contributed by atoms with Gasteiger partial charge in [-0.25, -0.2) is 4.98 Å². The number of piperidine rings is 1. The first-order chi connectivity index (χ1) is 11.5. The van der Waals surface area contributed by atoms with Gasteiger partial charge in [-0.15, -0.1) is 0 Å². The van der Waals surface area contributed by atoms with E-state index in [1.165, 1.54) is 0 Å². The standard InChI is InChI=1S/C17H23N5O2/c1-12-19-15(8-16(23)20-12)14-4-3-7-22(11-14)17(24)6-5-13-9-18-21(2)10-13/h8-10,14H,3-7,11H2,1-2H3,(H,19,20,23). The second-order valence-electron chi connectivity index (χ2n) is 6.46. The number of likely N-dealkylation sites (tertiary alicyclic amines) is 1. The zero-order valence-electron chi connectivity index (χ0n) is 14.2. The van der Waals surface area contributed by atoms with Gasteiger partial charge < -0.3 is 9.88 Å². The Labute approximate surface area is 140 Å². The van der Waals surface area contributed by atoms with E-state index in [-0.39, 0.29) is 17.4 Å². The Kier molecular flexibility index (Phi) is 4.78. The molecular formula is C17H23N5O2. The van der Waals surface area contributed by atoms with Crippen molar-refractivity contribution < 1.29 is 4.79 Å². The minimum absolute atomic E-state index is 0.127. The molecule has 7 heteroatoms. The van der Waals surface area contributed by atoms with Crippen LogP contribution in [0.15, 0.2) is 23.3 Å². The fraction of sp³-hybridized carbons (Fsp3) is 0.529. The van der Waals surface area contributed by atoms with Gasteiger partial charge in [-0.2, -0.15) is 5.10 Å².